The quantitative estimate of drug-likeness (QED) is 0.774. The van der Waals surface area contributed by atoms with E-state index in [1.807, 2.05) is 42.9 Å². The first-order valence-electron chi connectivity index (χ1n) is 6.42. The van der Waals surface area contributed by atoms with Gasteiger partial charge < -0.3 is 10.6 Å². The van der Waals surface area contributed by atoms with Gasteiger partial charge >= 0.3 is 0 Å². The molecule has 0 atom stereocenters. The molecular weight excluding hydrogens is 250 g/mol. The maximum absolute atomic E-state index is 5.76. The Hall–Kier alpha value is -2.56. The van der Waals surface area contributed by atoms with Crippen LogP contribution >= 0.6 is 0 Å². The van der Waals surface area contributed by atoms with Crippen LogP contribution in [0.15, 0.2) is 36.5 Å². The Morgan fingerprint density at radius 2 is 1.85 bits per heavy atom. The van der Waals surface area contributed by atoms with Crippen LogP contribution in [0, 0.1) is 0 Å². The highest BCUT2D eigenvalue weighted by Gasteiger charge is 2.11. The molecule has 3 aromatic rings. The van der Waals surface area contributed by atoms with Crippen molar-refractivity contribution in [3.05, 3.63) is 36.5 Å². The van der Waals surface area contributed by atoms with Crippen molar-refractivity contribution in [3.63, 3.8) is 0 Å². The van der Waals surface area contributed by atoms with Crippen LogP contribution in [0.1, 0.15) is 0 Å². The molecule has 0 aliphatic carbocycles. The molecule has 2 aromatic heterocycles. The molecule has 0 saturated heterocycles. The molecular formula is C15H17N5. The Morgan fingerprint density at radius 3 is 2.55 bits per heavy atom. The Bertz CT molecular complexity index is 773. The van der Waals surface area contributed by atoms with Crippen molar-refractivity contribution in [3.8, 4) is 11.1 Å². The van der Waals surface area contributed by atoms with Crippen molar-refractivity contribution in [2.45, 2.75) is 0 Å². The molecule has 1 aromatic carbocycles. The SMILES string of the molecule is CN(C)c1nn(C)c2ccc(-c3ccnc(N)c3)cc12. The lowest BCUT2D eigenvalue weighted by Gasteiger charge is -2.09. The van der Waals surface area contributed by atoms with Crippen LogP contribution in [0.2, 0.25) is 0 Å². The number of aromatic nitrogens is 3. The Morgan fingerprint density at radius 1 is 1.10 bits per heavy atom. The molecule has 102 valence electrons. The van der Waals surface area contributed by atoms with Crippen LogP contribution in [0.5, 0.6) is 0 Å². The summed E-state index contributed by atoms with van der Waals surface area (Å²) in [5.74, 6) is 1.49. The molecule has 0 aliphatic heterocycles. The molecule has 0 saturated carbocycles. The topological polar surface area (TPSA) is 60.0 Å². The third kappa shape index (κ3) is 1.97. The van der Waals surface area contributed by atoms with Crippen molar-refractivity contribution in [1.82, 2.24) is 14.8 Å². The average Bonchev–Trinajstić information content (AvgIpc) is 2.76. The van der Waals surface area contributed by atoms with Gasteiger partial charge in [0, 0.05) is 32.7 Å². The molecule has 5 nitrogen and oxygen atoms in total. The number of aryl methyl sites for hydroxylation is 1. The number of hydrogen-bond donors (Lipinski definition) is 1. The van der Waals surface area contributed by atoms with Crippen LogP contribution in [-0.4, -0.2) is 28.9 Å². The first kappa shape index (κ1) is 12.5. The van der Waals surface area contributed by atoms with Crippen LogP contribution in [0.25, 0.3) is 22.0 Å². The minimum absolute atomic E-state index is 0.529. The molecule has 0 spiro atoms. The van der Waals surface area contributed by atoms with E-state index in [1.54, 1.807) is 6.20 Å². The van der Waals surface area contributed by atoms with E-state index >= 15 is 0 Å². The summed E-state index contributed by atoms with van der Waals surface area (Å²) in [6.45, 7) is 0. The van der Waals surface area contributed by atoms with Crippen molar-refractivity contribution >= 4 is 22.5 Å². The lowest BCUT2D eigenvalue weighted by Crippen LogP contribution is -2.09. The highest BCUT2D eigenvalue weighted by molar-refractivity contribution is 5.94. The van der Waals surface area contributed by atoms with Crippen LogP contribution in [-0.2, 0) is 7.05 Å². The van der Waals surface area contributed by atoms with Crippen molar-refractivity contribution in [2.24, 2.45) is 7.05 Å². The molecule has 0 amide bonds. The molecule has 0 bridgehead atoms. The van der Waals surface area contributed by atoms with Gasteiger partial charge in [-0.1, -0.05) is 6.07 Å². The summed E-state index contributed by atoms with van der Waals surface area (Å²) >= 11 is 0. The van der Waals surface area contributed by atoms with Gasteiger partial charge in [-0.25, -0.2) is 4.98 Å². The van der Waals surface area contributed by atoms with Gasteiger partial charge in [0.2, 0.25) is 0 Å². The Labute approximate surface area is 117 Å². The summed E-state index contributed by atoms with van der Waals surface area (Å²) in [5.41, 5.74) is 9.04. The third-order valence-electron chi connectivity index (χ3n) is 3.37. The van der Waals surface area contributed by atoms with Crippen molar-refractivity contribution in [2.75, 3.05) is 24.7 Å². The lowest BCUT2D eigenvalue weighted by molar-refractivity contribution is 0.789. The summed E-state index contributed by atoms with van der Waals surface area (Å²) in [6.07, 6.45) is 1.73. The Balaban J connectivity index is 2.22. The number of fused-ring (bicyclic) bond motifs is 1. The highest BCUT2D eigenvalue weighted by Crippen LogP contribution is 2.30. The largest absolute Gasteiger partial charge is 0.384 e. The monoisotopic (exact) mass is 267 g/mol. The fraction of sp³-hybridized carbons (Fsp3) is 0.200. The van der Waals surface area contributed by atoms with Gasteiger partial charge in [0.15, 0.2) is 5.82 Å². The number of nitrogen functional groups attached to an aromatic ring is 1. The van der Waals surface area contributed by atoms with Gasteiger partial charge in [-0.3, -0.25) is 4.68 Å². The molecule has 3 rings (SSSR count). The van der Waals surface area contributed by atoms with Gasteiger partial charge in [0.05, 0.1) is 5.52 Å². The number of anilines is 2. The van der Waals surface area contributed by atoms with Crippen molar-refractivity contribution < 1.29 is 0 Å². The number of hydrogen-bond acceptors (Lipinski definition) is 4. The molecule has 2 N–H and O–H groups in total. The molecule has 2 heterocycles. The Kier molecular flexibility index (Phi) is 2.82. The molecule has 0 unspecified atom stereocenters. The number of benzene rings is 1. The van der Waals surface area contributed by atoms with E-state index in [-0.39, 0.29) is 0 Å². The highest BCUT2D eigenvalue weighted by atomic mass is 15.3. The van der Waals surface area contributed by atoms with E-state index in [0.717, 1.165) is 27.8 Å². The van der Waals surface area contributed by atoms with Crippen LogP contribution in [0.4, 0.5) is 11.6 Å². The van der Waals surface area contributed by atoms with E-state index in [2.05, 4.69) is 28.3 Å². The first-order valence-corrected chi connectivity index (χ1v) is 6.42. The minimum atomic E-state index is 0.529. The minimum Gasteiger partial charge on any atom is -0.384 e. The maximum atomic E-state index is 5.76. The van der Waals surface area contributed by atoms with E-state index in [4.69, 9.17) is 5.73 Å². The molecule has 5 heteroatoms. The predicted octanol–water partition coefficient (Wildman–Crippen LogP) is 2.28. The summed E-state index contributed by atoms with van der Waals surface area (Å²) in [5, 5.41) is 5.68. The second-order valence-electron chi connectivity index (χ2n) is 5.04. The van der Waals surface area contributed by atoms with Crippen LogP contribution in [0.3, 0.4) is 0 Å². The molecule has 0 fully saturated rings. The zero-order valence-corrected chi connectivity index (χ0v) is 11.8. The zero-order chi connectivity index (χ0) is 14.3. The maximum Gasteiger partial charge on any atom is 0.158 e. The van der Waals surface area contributed by atoms with Gasteiger partial charge in [0.25, 0.3) is 0 Å². The van der Waals surface area contributed by atoms with E-state index in [9.17, 15) is 0 Å². The fourth-order valence-corrected chi connectivity index (χ4v) is 2.38. The van der Waals surface area contributed by atoms with E-state index < -0.39 is 0 Å². The standard InChI is InChI=1S/C15H17N5/c1-19(2)15-12-8-10(4-5-13(12)20(3)18-15)11-6-7-17-14(16)9-11/h4-9H,1-3H3,(H2,16,17). The zero-order valence-electron chi connectivity index (χ0n) is 11.8. The number of rotatable bonds is 2. The fourth-order valence-electron chi connectivity index (χ4n) is 2.38. The number of nitrogens with zero attached hydrogens (tertiary/aromatic N) is 4. The van der Waals surface area contributed by atoms with Gasteiger partial charge in [0.1, 0.15) is 5.82 Å². The molecule has 0 radical (unpaired) electrons. The van der Waals surface area contributed by atoms with Crippen molar-refractivity contribution in [1.29, 1.82) is 0 Å². The molecule has 20 heavy (non-hydrogen) atoms. The number of nitrogens with two attached hydrogens (primary N) is 1. The molecule has 0 aliphatic rings. The summed E-state index contributed by atoms with van der Waals surface area (Å²) in [7, 11) is 5.96. The van der Waals surface area contributed by atoms with Crippen LogP contribution < -0.4 is 10.6 Å². The van der Waals surface area contributed by atoms with Gasteiger partial charge in [-0.05, 0) is 35.4 Å². The first-order chi connectivity index (χ1) is 9.56. The lowest BCUT2D eigenvalue weighted by atomic mass is 10.0. The summed E-state index contributed by atoms with van der Waals surface area (Å²) < 4.78 is 1.90. The summed E-state index contributed by atoms with van der Waals surface area (Å²) in [4.78, 5) is 6.05. The smallest absolute Gasteiger partial charge is 0.158 e. The summed E-state index contributed by atoms with van der Waals surface area (Å²) in [6, 6.07) is 10.2. The van der Waals surface area contributed by atoms with Gasteiger partial charge in [-0.15, -0.1) is 0 Å². The second-order valence-corrected chi connectivity index (χ2v) is 5.04. The number of pyridine rings is 1. The average molecular weight is 267 g/mol. The van der Waals surface area contributed by atoms with Gasteiger partial charge in [-0.2, -0.15) is 5.10 Å². The second kappa shape index (κ2) is 4.52. The predicted molar refractivity (Wildman–Crippen MR) is 82.7 cm³/mol. The van der Waals surface area contributed by atoms with E-state index in [1.165, 1.54) is 0 Å². The normalized spacial score (nSPS) is 10.9. The third-order valence-corrected chi connectivity index (χ3v) is 3.37. The van der Waals surface area contributed by atoms with E-state index in [0.29, 0.717) is 5.82 Å².